The number of amides is 1. The largest absolute Gasteiger partial charge is 0.496 e. The molecular formula is C21H23N3O3. The second kappa shape index (κ2) is 8.40. The number of ether oxygens (including phenoxy) is 2. The van der Waals surface area contributed by atoms with E-state index < -0.39 is 6.04 Å². The summed E-state index contributed by atoms with van der Waals surface area (Å²) in [5, 5.41) is 3.01. The second-order valence-corrected chi connectivity index (χ2v) is 6.24. The molecule has 6 heteroatoms. The zero-order valence-corrected chi connectivity index (χ0v) is 15.7. The van der Waals surface area contributed by atoms with Crippen LogP contribution in [0.2, 0.25) is 0 Å². The van der Waals surface area contributed by atoms with Crippen molar-refractivity contribution < 1.29 is 14.3 Å². The number of nitrogens with one attached hydrogen (secondary N) is 1. The summed E-state index contributed by atoms with van der Waals surface area (Å²) < 4.78 is 13.0. The molecule has 2 aromatic carbocycles. The minimum atomic E-state index is -0.449. The molecule has 27 heavy (non-hydrogen) atoms. The lowest BCUT2D eigenvalue weighted by Crippen LogP contribution is -2.34. The van der Waals surface area contributed by atoms with E-state index in [0.29, 0.717) is 17.3 Å². The summed E-state index contributed by atoms with van der Waals surface area (Å²) in [5.74, 6) is 1.82. The first-order chi connectivity index (χ1) is 13.1. The molecule has 0 radical (unpaired) electrons. The van der Waals surface area contributed by atoms with Gasteiger partial charge in [-0.25, -0.2) is 4.98 Å². The first kappa shape index (κ1) is 18.5. The summed E-state index contributed by atoms with van der Waals surface area (Å²) >= 11 is 0. The van der Waals surface area contributed by atoms with E-state index in [2.05, 4.69) is 10.3 Å². The molecule has 0 fully saturated rings. The smallest absolute Gasteiger partial charge is 0.258 e. The van der Waals surface area contributed by atoms with Gasteiger partial charge in [0.25, 0.3) is 5.91 Å². The Kier molecular flexibility index (Phi) is 5.76. The Balaban J connectivity index is 1.79. The zero-order valence-electron chi connectivity index (χ0n) is 15.7. The van der Waals surface area contributed by atoms with Crippen LogP contribution in [0.25, 0.3) is 0 Å². The number of hydrogen-bond acceptors (Lipinski definition) is 4. The van der Waals surface area contributed by atoms with Crippen molar-refractivity contribution >= 4 is 5.91 Å². The predicted octanol–water partition coefficient (Wildman–Crippen LogP) is 3.02. The number of aryl methyl sites for hydroxylation is 2. The van der Waals surface area contributed by atoms with Crippen LogP contribution in [0.4, 0.5) is 0 Å². The van der Waals surface area contributed by atoms with Gasteiger partial charge in [0.1, 0.15) is 23.4 Å². The highest BCUT2D eigenvalue weighted by Crippen LogP contribution is 2.29. The Morgan fingerprint density at radius 1 is 1.22 bits per heavy atom. The number of aromatic nitrogens is 2. The molecule has 3 aromatic rings. The van der Waals surface area contributed by atoms with Crippen molar-refractivity contribution in [1.82, 2.24) is 14.9 Å². The van der Waals surface area contributed by atoms with Gasteiger partial charge in [0.05, 0.1) is 7.11 Å². The first-order valence-corrected chi connectivity index (χ1v) is 8.67. The topological polar surface area (TPSA) is 65.4 Å². The number of methoxy groups -OCH3 is 1. The summed E-state index contributed by atoms with van der Waals surface area (Å²) in [4.78, 5) is 17.0. The number of hydrogen-bond donors (Lipinski definition) is 1. The molecule has 6 nitrogen and oxygen atoms in total. The Bertz CT molecular complexity index is 920. The summed E-state index contributed by atoms with van der Waals surface area (Å²) in [6, 6.07) is 14.7. The Morgan fingerprint density at radius 3 is 2.74 bits per heavy atom. The second-order valence-electron chi connectivity index (χ2n) is 6.24. The molecular weight excluding hydrogens is 342 g/mol. The van der Waals surface area contributed by atoms with Gasteiger partial charge in [-0.1, -0.05) is 30.3 Å². The van der Waals surface area contributed by atoms with Gasteiger partial charge in [-0.05, 0) is 30.7 Å². The molecule has 0 bridgehead atoms. The molecule has 0 saturated heterocycles. The Labute approximate surface area is 158 Å². The van der Waals surface area contributed by atoms with Crippen LogP contribution in [0.15, 0.2) is 60.9 Å². The van der Waals surface area contributed by atoms with Crippen molar-refractivity contribution in [2.75, 3.05) is 13.7 Å². The average Bonchev–Trinajstić information content (AvgIpc) is 3.10. The minimum absolute atomic E-state index is 0.0838. The van der Waals surface area contributed by atoms with Crippen molar-refractivity contribution in [2.24, 2.45) is 7.05 Å². The fraction of sp³-hybridized carbons (Fsp3) is 0.238. The normalized spacial score (nSPS) is 11.7. The lowest BCUT2D eigenvalue weighted by atomic mass is 10.0. The molecule has 1 unspecified atom stereocenters. The lowest BCUT2D eigenvalue weighted by molar-refractivity contribution is -0.123. The van der Waals surface area contributed by atoms with Gasteiger partial charge in [0.15, 0.2) is 6.61 Å². The van der Waals surface area contributed by atoms with Gasteiger partial charge >= 0.3 is 0 Å². The van der Waals surface area contributed by atoms with Crippen molar-refractivity contribution in [3.63, 3.8) is 0 Å². The third kappa shape index (κ3) is 4.47. The number of rotatable bonds is 7. The maximum Gasteiger partial charge on any atom is 0.258 e. The van der Waals surface area contributed by atoms with Crippen LogP contribution < -0.4 is 14.8 Å². The standard InChI is InChI=1S/C21H23N3O3/c1-15-7-6-8-16(13-15)27-14-19(25)23-20(21-22-11-12-24(21)2)17-9-4-5-10-18(17)26-3/h4-13,20H,14H2,1-3H3,(H,23,25). The molecule has 0 aliphatic carbocycles. The Morgan fingerprint density at radius 2 is 2.04 bits per heavy atom. The van der Waals surface area contributed by atoms with E-state index in [1.54, 1.807) is 13.3 Å². The van der Waals surface area contributed by atoms with Gasteiger partial charge in [-0.2, -0.15) is 0 Å². The summed E-state index contributed by atoms with van der Waals surface area (Å²) in [6.45, 7) is 1.89. The van der Waals surface area contributed by atoms with Crippen molar-refractivity contribution in [3.8, 4) is 11.5 Å². The van der Waals surface area contributed by atoms with Gasteiger partial charge in [-0.15, -0.1) is 0 Å². The molecule has 1 N–H and O–H groups in total. The number of para-hydroxylation sites is 1. The molecule has 1 aromatic heterocycles. The SMILES string of the molecule is COc1ccccc1C(NC(=O)COc1cccc(C)c1)c1nccn1C. The summed E-state index contributed by atoms with van der Waals surface area (Å²) in [5.41, 5.74) is 1.91. The molecule has 140 valence electrons. The fourth-order valence-electron chi connectivity index (χ4n) is 2.90. The van der Waals surface area contributed by atoms with E-state index in [9.17, 15) is 4.79 Å². The van der Waals surface area contributed by atoms with Crippen molar-refractivity contribution in [2.45, 2.75) is 13.0 Å². The van der Waals surface area contributed by atoms with Crippen LogP contribution in [-0.2, 0) is 11.8 Å². The minimum Gasteiger partial charge on any atom is -0.496 e. The number of benzene rings is 2. The molecule has 0 aliphatic heterocycles. The van der Waals surface area contributed by atoms with Crippen LogP contribution in [0.5, 0.6) is 11.5 Å². The number of carbonyl (C=O) groups excluding carboxylic acids is 1. The highest BCUT2D eigenvalue weighted by molar-refractivity contribution is 5.78. The zero-order chi connectivity index (χ0) is 19.2. The van der Waals surface area contributed by atoms with E-state index in [1.807, 2.05) is 73.3 Å². The predicted molar refractivity (Wildman–Crippen MR) is 103 cm³/mol. The summed E-state index contributed by atoms with van der Waals surface area (Å²) in [6.07, 6.45) is 3.54. The van der Waals surface area contributed by atoms with Crippen LogP contribution >= 0.6 is 0 Å². The third-order valence-electron chi connectivity index (χ3n) is 4.23. The molecule has 1 heterocycles. The average molecular weight is 365 g/mol. The number of imidazole rings is 1. The number of nitrogens with zero attached hydrogens (tertiary/aromatic N) is 2. The van der Waals surface area contributed by atoms with E-state index in [0.717, 1.165) is 11.1 Å². The molecule has 1 amide bonds. The monoisotopic (exact) mass is 365 g/mol. The third-order valence-corrected chi connectivity index (χ3v) is 4.23. The van der Waals surface area contributed by atoms with Crippen molar-refractivity contribution in [1.29, 1.82) is 0 Å². The van der Waals surface area contributed by atoms with Crippen LogP contribution in [0, 0.1) is 6.92 Å². The lowest BCUT2D eigenvalue weighted by Gasteiger charge is -2.21. The van der Waals surface area contributed by atoms with E-state index in [-0.39, 0.29) is 12.5 Å². The Hall–Kier alpha value is -3.28. The van der Waals surface area contributed by atoms with E-state index in [4.69, 9.17) is 9.47 Å². The van der Waals surface area contributed by atoms with Crippen LogP contribution in [0.3, 0.4) is 0 Å². The van der Waals surface area contributed by atoms with Gasteiger partial charge in [0, 0.05) is 25.0 Å². The fourth-order valence-corrected chi connectivity index (χ4v) is 2.90. The van der Waals surface area contributed by atoms with Gasteiger partial charge in [0.2, 0.25) is 0 Å². The first-order valence-electron chi connectivity index (χ1n) is 8.67. The molecule has 1 atom stereocenters. The summed E-state index contributed by atoms with van der Waals surface area (Å²) in [7, 11) is 3.50. The van der Waals surface area contributed by atoms with E-state index in [1.165, 1.54) is 0 Å². The molecule has 0 spiro atoms. The molecule has 3 rings (SSSR count). The highest BCUT2D eigenvalue weighted by atomic mass is 16.5. The van der Waals surface area contributed by atoms with Gasteiger partial charge < -0.3 is 19.4 Å². The van der Waals surface area contributed by atoms with E-state index >= 15 is 0 Å². The number of carbonyl (C=O) groups is 1. The quantitative estimate of drug-likeness (QED) is 0.699. The molecule has 0 saturated carbocycles. The maximum absolute atomic E-state index is 12.6. The van der Waals surface area contributed by atoms with Crippen LogP contribution in [-0.4, -0.2) is 29.2 Å². The van der Waals surface area contributed by atoms with Crippen LogP contribution in [0.1, 0.15) is 23.0 Å². The molecule has 0 aliphatic rings. The van der Waals surface area contributed by atoms with Gasteiger partial charge in [-0.3, -0.25) is 4.79 Å². The highest BCUT2D eigenvalue weighted by Gasteiger charge is 2.23. The maximum atomic E-state index is 12.6. The van der Waals surface area contributed by atoms with Crippen molar-refractivity contribution in [3.05, 3.63) is 77.9 Å².